The zero-order valence-corrected chi connectivity index (χ0v) is 11.0. The van der Waals surface area contributed by atoms with Crippen molar-refractivity contribution in [2.24, 2.45) is 0 Å². The van der Waals surface area contributed by atoms with Crippen LogP contribution in [0.25, 0.3) is 0 Å². The molecule has 1 radical (unpaired) electrons. The van der Waals surface area contributed by atoms with Crippen molar-refractivity contribution < 1.29 is 0 Å². The zero-order chi connectivity index (χ0) is 12.4. The molecule has 2 aromatic rings. The Kier molecular flexibility index (Phi) is 3.65. The summed E-state index contributed by atoms with van der Waals surface area (Å²) in [6.45, 7) is 4.12. The van der Waals surface area contributed by atoms with Crippen LogP contribution in [0, 0.1) is 20.3 Å². The van der Waals surface area contributed by atoms with E-state index in [-0.39, 0.29) is 0 Å². The summed E-state index contributed by atoms with van der Waals surface area (Å²) in [5.41, 5.74) is 4.30. The number of hydrogen-bond donors (Lipinski definition) is 0. The van der Waals surface area contributed by atoms with E-state index in [1.807, 2.05) is 6.42 Å². The highest BCUT2D eigenvalue weighted by Gasteiger charge is 2.07. The SMILES string of the molecule is Cc1ccc([CH]c2cc(Cl)nnc2Cl)c(C)c1. The summed E-state index contributed by atoms with van der Waals surface area (Å²) in [5.74, 6) is 0. The molecule has 4 heteroatoms. The number of halogens is 2. The first-order valence-corrected chi connectivity index (χ1v) is 5.92. The van der Waals surface area contributed by atoms with Gasteiger partial charge in [-0.3, -0.25) is 0 Å². The lowest BCUT2D eigenvalue weighted by Gasteiger charge is -2.07. The van der Waals surface area contributed by atoms with Crippen molar-refractivity contribution >= 4 is 23.2 Å². The Hall–Kier alpha value is -1.12. The maximum absolute atomic E-state index is 5.97. The molecule has 0 aliphatic carbocycles. The van der Waals surface area contributed by atoms with Crippen LogP contribution in [-0.4, -0.2) is 10.2 Å². The summed E-state index contributed by atoms with van der Waals surface area (Å²) in [6, 6.07) is 7.93. The van der Waals surface area contributed by atoms with Crippen molar-refractivity contribution in [2.75, 3.05) is 0 Å². The predicted molar refractivity (Wildman–Crippen MR) is 70.5 cm³/mol. The van der Waals surface area contributed by atoms with Gasteiger partial charge in [0.05, 0.1) is 0 Å². The number of hydrogen-bond acceptors (Lipinski definition) is 2. The summed E-state index contributed by atoms with van der Waals surface area (Å²) in [7, 11) is 0. The van der Waals surface area contributed by atoms with E-state index in [2.05, 4.69) is 42.2 Å². The number of aromatic nitrogens is 2. The lowest BCUT2D eigenvalue weighted by molar-refractivity contribution is 1.02. The highest BCUT2D eigenvalue weighted by molar-refractivity contribution is 6.31. The second kappa shape index (κ2) is 5.03. The normalized spacial score (nSPS) is 10.6. The van der Waals surface area contributed by atoms with Crippen molar-refractivity contribution in [1.29, 1.82) is 0 Å². The summed E-state index contributed by atoms with van der Waals surface area (Å²) in [4.78, 5) is 0. The Bertz CT molecular complexity index is 553. The second-order valence-electron chi connectivity index (χ2n) is 3.92. The van der Waals surface area contributed by atoms with E-state index in [0.717, 1.165) is 11.1 Å². The molecule has 87 valence electrons. The lowest BCUT2D eigenvalue weighted by Crippen LogP contribution is -1.94. The first kappa shape index (κ1) is 12.3. The fourth-order valence-electron chi connectivity index (χ4n) is 1.62. The van der Waals surface area contributed by atoms with Crippen molar-refractivity contribution in [1.82, 2.24) is 10.2 Å². The maximum atomic E-state index is 5.97. The molecule has 0 fully saturated rings. The van der Waals surface area contributed by atoms with Crippen LogP contribution in [0.15, 0.2) is 24.3 Å². The van der Waals surface area contributed by atoms with Gasteiger partial charge in [0, 0.05) is 12.0 Å². The Labute approximate surface area is 111 Å². The number of benzene rings is 1. The molecule has 1 aromatic heterocycles. The van der Waals surface area contributed by atoms with E-state index in [0.29, 0.717) is 10.3 Å². The van der Waals surface area contributed by atoms with Gasteiger partial charge in [-0.05, 0) is 31.0 Å². The topological polar surface area (TPSA) is 25.8 Å². The summed E-state index contributed by atoms with van der Waals surface area (Å²) in [5, 5.41) is 8.15. The molecule has 0 atom stereocenters. The Morgan fingerprint density at radius 3 is 2.47 bits per heavy atom. The molecule has 17 heavy (non-hydrogen) atoms. The van der Waals surface area contributed by atoms with Crippen molar-refractivity contribution in [3.05, 3.63) is 63.2 Å². The predicted octanol–water partition coefficient (Wildman–Crippen LogP) is 4.00. The Morgan fingerprint density at radius 2 is 1.76 bits per heavy atom. The standard InChI is InChI=1S/C13H11Cl2N2/c1-8-3-4-10(9(2)5-8)6-11-7-12(14)16-17-13(11)15/h3-7H,1-2H3. The highest BCUT2D eigenvalue weighted by atomic mass is 35.5. The van der Waals surface area contributed by atoms with Gasteiger partial charge in [0.15, 0.2) is 10.3 Å². The van der Waals surface area contributed by atoms with Crippen LogP contribution in [0.1, 0.15) is 22.3 Å². The largest absolute Gasteiger partial charge is 0.155 e. The number of nitrogens with zero attached hydrogens (tertiary/aromatic N) is 2. The van der Waals surface area contributed by atoms with Gasteiger partial charge in [-0.25, -0.2) is 0 Å². The van der Waals surface area contributed by atoms with Gasteiger partial charge in [-0.15, -0.1) is 10.2 Å². The van der Waals surface area contributed by atoms with E-state index in [9.17, 15) is 0 Å². The van der Waals surface area contributed by atoms with Gasteiger partial charge in [0.25, 0.3) is 0 Å². The van der Waals surface area contributed by atoms with Crippen LogP contribution in [0.5, 0.6) is 0 Å². The fraction of sp³-hybridized carbons (Fsp3) is 0.154. The minimum atomic E-state index is 0.338. The maximum Gasteiger partial charge on any atom is 0.155 e. The van der Waals surface area contributed by atoms with E-state index in [4.69, 9.17) is 23.2 Å². The van der Waals surface area contributed by atoms with E-state index in [1.54, 1.807) is 6.07 Å². The molecule has 1 aromatic carbocycles. The highest BCUT2D eigenvalue weighted by Crippen LogP contribution is 2.23. The molecule has 2 nitrogen and oxygen atoms in total. The van der Waals surface area contributed by atoms with Gasteiger partial charge < -0.3 is 0 Å². The molecule has 0 unspecified atom stereocenters. The monoisotopic (exact) mass is 265 g/mol. The zero-order valence-electron chi connectivity index (χ0n) is 9.54. The molecule has 0 saturated heterocycles. The van der Waals surface area contributed by atoms with E-state index >= 15 is 0 Å². The molecule has 0 amide bonds. The van der Waals surface area contributed by atoms with Gasteiger partial charge >= 0.3 is 0 Å². The third-order valence-corrected chi connectivity index (χ3v) is 2.96. The van der Waals surface area contributed by atoms with Crippen molar-refractivity contribution in [3.8, 4) is 0 Å². The van der Waals surface area contributed by atoms with E-state index in [1.165, 1.54) is 11.1 Å². The van der Waals surface area contributed by atoms with Crippen LogP contribution < -0.4 is 0 Å². The van der Waals surface area contributed by atoms with Crippen LogP contribution in [0.2, 0.25) is 10.3 Å². The first-order chi connectivity index (χ1) is 8.06. The minimum Gasteiger partial charge on any atom is -0.137 e. The molecule has 0 spiro atoms. The first-order valence-electron chi connectivity index (χ1n) is 5.17. The lowest BCUT2D eigenvalue weighted by atomic mass is 10.00. The molecule has 0 bridgehead atoms. The number of rotatable bonds is 2. The van der Waals surface area contributed by atoms with Crippen LogP contribution >= 0.6 is 23.2 Å². The average Bonchev–Trinajstić information content (AvgIpc) is 2.27. The summed E-state index contributed by atoms with van der Waals surface area (Å²) >= 11 is 11.8. The second-order valence-corrected chi connectivity index (χ2v) is 4.66. The molecule has 1 heterocycles. The molecular weight excluding hydrogens is 255 g/mol. The van der Waals surface area contributed by atoms with Gasteiger partial charge in [0.2, 0.25) is 0 Å². The Morgan fingerprint density at radius 1 is 1.00 bits per heavy atom. The third-order valence-electron chi connectivity index (χ3n) is 2.48. The van der Waals surface area contributed by atoms with E-state index < -0.39 is 0 Å². The molecule has 0 saturated carbocycles. The molecule has 0 aliphatic heterocycles. The summed E-state index contributed by atoms with van der Waals surface area (Å²) < 4.78 is 0. The summed E-state index contributed by atoms with van der Waals surface area (Å²) in [6.07, 6.45) is 1.96. The van der Waals surface area contributed by atoms with Crippen molar-refractivity contribution in [3.63, 3.8) is 0 Å². The average molecular weight is 266 g/mol. The van der Waals surface area contributed by atoms with Gasteiger partial charge in [-0.2, -0.15) is 0 Å². The van der Waals surface area contributed by atoms with Crippen LogP contribution in [-0.2, 0) is 0 Å². The number of aryl methyl sites for hydroxylation is 2. The fourth-order valence-corrected chi connectivity index (χ4v) is 1.92. The Balaban J connectivity index is 2.34. The smallest absolute Gasteiger partial charge is 0.137 e. The molecule has 0 aliphatic rings. The van der Waals surface area contributed by atoms with Crippen LogP contribution in [0.3, 0.4) is 0 Å². The third kappa shape index (κ3) is 2.96. The van der Waals surface area contributed by atoms with Gasteiger partial charge in [-0.1, -0.05) is 47.0 Å². The molecular formula is C13H11Cl2N2. The van der Waals surface area contributed by atoms with Crippen molar-refractivity contribution in [2.45, 2.75) is 13.8 Å². The van der Waals surface area contributed by atoms with Gasteiger partial charge in [0.1, 0.15) is 0 Å². The quantitative estimate of drug-likeness (QED) is 0.821. The molecule has 0 N–H and O–H groups in total. The van der Waals surface area contributed by atoms with Crippen LogP contribution in [0.4, 0.5) is 0 Å². The molecule has 2 rings (SSSR count). The minimum absolute atomic E-state index is 0.338.